The first kappa shape index (κ1) is 22.8. The zero-order valence-corrected chi connectivity index (χ0v) is 16.5. The molecule has 1 rings (SSSR count). The van der Waals surface area contributed by atoms with Crippen molar-refractivity contribution >= 4 is 0 Å². The van der Waals surface area contributed by atoms with Gasteiger partial charge in [-0.2, -0.15) is 0 Å². The minimum Gasteiger partial charge on any atom is -0.379 e. The Morgan fingerprint density at radius 2 is 1.32 bits per heavy atom. The van der Waals surface area contributed by atoms with E-state index in [1.165, 1.54) is 12.8 Å². The number of likely N-dealkylation sites (tertiary alicyclic amines) is 1. The Hall–Kier alpha value is -0.240. The monoisotopic (exact) mass is 361 g/mol. The molecule has 1 unspecified atom stereocenters. The van der Waals surface area contributed by atoms with Crippen LogP contribution in [0, 0.1) is 11.8 Å². The van der Waals surface area contributed by atoms with Gasteiger partial charge in [0.1, 0.15) is 6.23 Å². The SMILES string of the molecule is CCOCCOCCOCCOCCC(O)N1CCC(C(C)C)CC1. The number of ether oxygens (including phenoxy) is 4. The summed E-state index contributed by atoms with van der Waals surface area (Å²) >= 11 is 0. The van der Waals surface area contributed by atoms with Gasteiger partial charge in [-0.05, 0) is 31.6 Å². The van der Waals surface area contributed by atoms with Crippen LogP contribution in [0.4, 0.5) is 0 Å². The van der Waals surface area contributed by atoms with Crippen molar-refractivity contribution in [2.75, 3.05) is 65.9 Å². The van der Waals surface area contributed by atoms with E-state index in [2.05, 4.69) is 18.7 Å². The van der Waals surface area contributed by atoms with Crippen LogP contribution < -0.4 is 0 Å². The molecule has 0 bridgehead atoms. The van der Waals surface area contributed by atoms with Gasteiger partial charge in [-0.15, -0.1) is 0 Å². The van der Waals surface area contributed by atoms with Crippen molar-refractivity contribution in [3.63, 3.8) is 0 Å². The topological polar surface area (TPSA) is 60.4 Å². The molecule has 1 aliphatic rings. The van der Waals surface area contributed by atoms with Crippen molar-refractivity contribution in [2.45, 2.75) is 46.3 Å². The van der Waals surface area contributed by atoms with Gasteiger partial charge < -0.3 is 24.1 Å². The number of rotatable bonds is 15. The van der Waals surface area contributed by atoms with E-state index >= 15 is 0 Å². The van der Waals surface area contributed by atoms with Crippen LogP contribution in [0.25, 0.3) is 0 Å². The zero-order chi connectivity index (χ0) is 18.3. The maximum atomic E-state index is 10.2. The molecule has 0 radical (unpaired) electrons. The maximum absolute atomic E-state index is 10.2. The van der Waals surface area contributed by atoms with E-state index in [0.717, 1.165) is 31.5 Å². The average Bonchev–Trinajstić information content (AvgIpc) is 2.62. The van der Waals surface area contributed by atoms with Crippen LogP contribution in [0.15, 0.2) is 0 Å². The number of aliphatic hydroxyl groups is 1. The van der Waals surface area contributed by atoms with Gasteiger partial charge in [0.2, 0.25) is 0 Å². The van der Waals surface area contributed by atoms with Crippen molar-refractivity contribution in [1.82, 2.24) is 4.90 Å². The van der Waals surface area contributed by atoms with E-state index in [9.17, 15) is 5.11 Å². The fourth-order valence-electron chi connectivity index (χ4n) is 3.06. The smallest absolute Gasteiger partial charge is 0.109 e. The summed E-state index contributed by atoms with van der Waals surface area (Å²) in [7, 11) is 0. The molecule has 0 spiro atoms. The molecule has 0 aromatic heterocycles. The Labute approximate surface area is 153 Å². The molecule has 1 saturated heterocycles. The second kappa shape index (κ2) is 14.9. The van der Waals surface area contributed by atoms with E-state index in [1.807, 2.05) is 6.92 Å². The molecule has 1 fully saturated rings. The van der Waals surface area contributed by atoms with Crippen LogP contribution in [0.3, 0.4) is 0 Å². The Morgan fingerprint density at radius 3 is 1.80 bits per heavy atom. The quantitative estimate of drug-likeness (QED) is 0.451. The van der Waals surface area contributed by atoms with Gasteiger partial charge in [-0.25, -0.2) is 0 Å². The number of aliphatic hydroxyl groups excluding tert-OH is 1. The molecular formula is C19H39NO5. The number of nitrogens with zero attached hydrogens (tertiary/aromatic N) is 1. The predicted molar refractivity (Wildman–Crippen MR) is 98.7 cm³/mol. The molecule has 0 saturated carbocycles. The first-order valence-electron chi connectivity index (χ1n) is 9.88. The van der Waals surface area contributed by atoms with Gasteiger partial charge in [-0.3, -0.25) is 4.90 Å². The number of hydrogen-bond acceptors (Lipinski definition) is 6. The van der Waals surface area contributed by atoms with E-state index in [0.29, 0.717) is 52.7 Å². The summed E-state index contributed by atoms with van der Waals surface area (Å²) in [5.41, 5.74) is 0. The molecule has 1 N–H and O–H groups in total. The van der Waals surface area contributed by atoms with E-state index in [-0.39, 0.29) is 6.23 Å². The highest BCUT2D eigenvalue weighted by Crippen LogP contribution is 2.25. The Bertz CT molecular complexity index is 296. The van der Waals surface area contributed by atoms with Gasteiger partial charge in [-0.1, -0.05) is 13.8 Å². The van der Waals surface area contributed by atoms with Crippen molar-refractivity contribution in [1.29, 1.82) is 0 Å². The van der Waals surface area contributed by atoms with Crippen molar-refractivity contribution < 1.29 is 24.1 Å². The maximum Gasteiger partial charge on any atom is 0.109 e. The van der Waals surface area contributed by atoms with Crippen molar-refractivity contribution in [3.8, 4) is 0 Å². The minimum absolute atomic E-state index is 0.382. The molecule has 1 heterocycles. The summed E-state index contributed by atoms with van der Waals surface area (Å²) in [6, 6.07) is 0. The standard InChI is InChI=1S/C19H39NO5/c1-4-22-11-12-24-15-16-25-14-13-23-10-7-19(21)20-8-5-18(6-9-20)17(2)3/h17-19,21H,4-16H2,1-3H3. The highest BCUT2D eigenvalue weighted by molar-refractivity contribution is 4.75. The van der Waals surface area contributed by atoms with E-state index in [4.69, 9.17) is 18.9 Å². The molecule has 150 valence electrons. The molecule has 0 aliphatic carbocycles. The highest BCUT2D eigenvalue weighted by Gasteiger charge is 2.25. The van der Waals surface area contributed by atoms with Gasteiger partial charge in [0.25, 0.3) is 0 Å². The second-order valence-electron chi connectivity index (χ2n) is 6.92. The number of hydrogen-bond donors (Lipinski definition) is 1. The first-order chi connectivity index (χ1) is 12.1. The van der Waals surface area contributed by atoms with Crippen molar-refractivity contribution in [3.05, 3.63) is 0 Å². The molecule has 1 atom stereocenters. The van der Waals surface area contributed by atoms with Crippen LogP contribution in [-0.2, 0) is 18.9 Å². The lowest BCUT2D eigenvalue weighted by molar-refractivity contribution is -0.0470. The second-order valence-corrected chi connectivity index (χ2v) is 6.92. The number of piperidine rings is 1. The van der Waals surface area contributed by atoms with Gasteiger partial charge in [0.15, 0.2) is 0 Å². The van der Waals surface area contributed by atoms with Crippen LogP contribution in [-0.4, -0.2) is 82.2 Å². The van der Waals surface area contributed by atoms with Crippen LogP contribution in [0.2, 0.25) is 0 Å². The Morgan fingerprint density at radius 1 is 0.840 bits per heavy atom. The third kappa shape index (κ3) is 11.2. The Kier molecular flexibility index (Phi) is 13.6. The molecule has 0 aromatic rings. The highest BCUT2D eigenvalue weighted by atomic mass is 16.6. The van der Waals surface area contributed by atoms with Gasteiger partial charge in [0, 0.05) is 26.1 Å². The average molecular weight is 362 g/mol. The first-order valence-corrected chi connectivity index (χ1v) is 9.88. The summed E-state index contributed by atoms with van der Waals surface area (Å²) in [5.74, 6) is 1.55. The lowest BCUT2D eigenvalue weighted by Gasteiger charge is -2.36. The largest absolute Gasteiger partial charge is 0.379 e. The van der Waals surface area contributed by atoms with Crippen LogP contribution >= 0.6 is 0 Å². The molecule has 6 heteroatoms. The van der Waals surface area contributed by atoms with Crippen LogP contribution in [0.1, 0.15) is 40.0 Å². The van der Waals surface area contributed by atoms with Gasteiger partial charge >= 0.3 is 0 Å². The minimum atomic E-state index is -0.382. The summed E-state index contributed by atoms with van der Waals surface area (Å²) < 4.78 is 21.5. The summed E-state index contributed by atoms with van der Waals surface area (Å²) in [6.45, 7) is 13.4. The summed E-state index contributed by atoms with van der Waals surface area (Å²) in [6.07, 6.45) is 2.66. The molecule has 6 nitrogen and oxygen atoms in total. The fourth-order valence-corrected chi connectivity index (χ4v) is 3.06. The molecule has 0 amide bonds. The van der Waals surface area contributed by atoms with Crippen LogP contribution in [0.5, 0.6) is 0 Å². The Balaban J connectivity index is 1.86. The molecule has 25 heavy (non-hydrogen) atoms. The van der Waals surface area contributed by atoms with Gasteiger partial charge in [0.05, 0.1) is 46.2 Å². The lowest BCUT2D eigenvalue weighted by atomic mass is 9.86. The summed E-state index contributed by atoms with van der Waals surface area (Å²) in [5, 5.41) is 10.2. The predicted octanol–water partition coefficient (Wildman–Crippen LogP) is 2.15. The lowest BCUT2D eigenvalue weighted by Crippen LogP contribution is -2.42. The summed E-state index contributed by atoms with van der Waals surface area (Å²) in [4.78, 5) is 2.18. The van der Waals surface area contributed by atoms with Crippen molar-refractivity contribution in [2.24, 2.45) is 11.8 Å². The molecular weight excluding hydrogens is 322 g/mol. The fraction of sp³-hybridized carbons (Fsp3) is 1.00. The van der Waals surface area contributed by atoms with E-state index < -0.39 is 0 Å². The molecule has 1 aliphatic heterocycles. The zero-order valence-electron chi connectivity index (χ0n) is 16.5. The third-order valence-corrected chi connectivity index (χ3v) is 4.78. The van der Waals surface area contributed by atoms with E-state index in [1.54, 1.807) is 0 Å². The molecule has 0 aromatic carbocycles. The normalized spacial score (nSPS) is 18.1. The third-order valence-electron chi connectivity index (χ3n) is 4.78.